The molecule has 0 heterocycles. The molecule has 0 aromatic carbocycles. The van der Waals surface area contributed by atoms with Gasteiger partial charge in [0.2, 0.25) is 10.0 Å². The zero-order valence-corrected chi connectivity index (χ0v) is 11.3. The molecule has 6 nitrogen and oxygen atoms in total. The van der Waals surface area contributed by atoms with Crippen molar-refractivity contribution in [3.63, 3.8) is 0 Å². The number of hydrogen-bond acceptors (Lipinski definition) is 5. The van der Waals surface area contributed by atoms with Gasteiger partial charge < -0.3 is 10.1 Å². The van der Waals surface area contributed by atoms with Crippen molar-refractivity contribution in [2.75, 3.05) is 32.5 Å². The number of sulfonamides is 1. The second-order valence-corrected chi connectivity index (χ2v) is 5.60. The van der Waals surface area contributed by atoms with Crippen molar-refractivity contribution in [1.29, 1.82) is 0 Å². The molecule has 0 aromatic rings. The maximum atomic E-state index is 11.1. The third-order valence-corrected chi connectivity index (χ3v) is 2.65. The first-order valence-electron chi connectivity index (χ1n) is 5.76. The lowest BCUT2D eigenvalue weighted by Gasteiger charge is -2.06. The Balaban J connectivity index is 3.30. The molecule has 0 radical (unpaired) electrons. The Labute approximate surface area is 103 Å². The highest BCUT2D eigenvalue weighted by atomic mass is 32.2. The van der Waals surface area contributed by atoms with Crippen LogP contribution in [-0.2, 0) is 19.6 Å². The molecule has 0 bridgehead atoms. The van der Waals surface area contributed by atoms with Gasteiger partial charge in [-0.15, -0.1) is 0 Å². The minimum absolute atomic E-state index is 0.169. The van der Waals surface area contributed by atoms with Crippen molar-refractivity contribution in [2.45, 2.75) is 26.2 Å². The monoisotopic (exact) mass is 266 g/mol. The highest BCUT2D eigenvalue weighted by Crippen LogP contribution is 1.88. The lowest BCUT2D eigenvalue weighted by molar-refractivity contribution is -0.142. The van der Waals surface area contributed by atoms with Crippen LogP contribution in [0.5, 0.6) is 0 Å². The lowest BCUT2D eigenvalue weighted by atomic mass is 10.4. The summed E-state index contributed by atoms with van der Waals surface area (Å²) in [5, 5.41) is 2.89. The molecule has 0 fully saturated rings. The maximum Gasteiger partial charge on any atom is 0.319 e. The summed E-state index contributed by atoms with van der Waals surface area (Å²) < 4.78 is 28.7. The summed E-state index contributed by atoms with van der Waals surface area (Å²) in [6.07, 6.45) is 3.63. The van der Waals surface area contributed by atoms with E-state index in [1.807, 2.05) is 6.92 Å². The number of carbonyl (C=O) groups is 1. The second kappa shape index (κ2) is 9.38. The molecule has 0 spiro atoms. The summed E-state index contributed by atoms with van der Waals surface area (Å²) in [5.41, 5.74) is 0. The molecule has 0 rings (SSSR count). The third kappa shape index (κ3) is 13.3. The summed E-state index contributed by atoms with van der Waals surface area (Å²) in [6, 6.07) is 0. The fourth-order valence-electron chi connectivity index (χ4n) is 1.04. The van der Waals surface area contributed by atoms with Gasteiger partial charge in [-0.05, 0) is 19.4 Å². The van der Waals surface area contributed by atoms with Gasteiger partial charge in [0.15, 0.2) is 0 Å². The number of esters is 1. The van der Waals surface area contributed by atoms with Gasteiger partial charge in [0.1, 0.15) is 0 Å². The minimum Gasteiger partial charge on any atom is -0.465 e. The molecule has 17 heavy (non-hydrogen) atoms. The first-order valence-corrected chi connectivity index (χ1v) is 7.66. The van der Waals surface area contributed by atoms with Gasteiger partial charge in [-0.1, -0.05) is 13.3 Å². The highest BCUT2D eigenvalue weighted by molar-refractivity contribution is 7.88. The summed E-state index contributed by atoms with van der Waals surface area (Å²) in [7, 11) is -3.11. The van der Waals surface area contributed by atoms with Crippen LogP contribution in [-0.4, -0.2) is 46.9 Å². The number of carbonyl (C=O) groups excluding carboxylic acids is 1. The van der Waals surface area contributed by atoms with Gasteiger partial charge in [-0.3, -0.25) is 4.79 Å². The topological polar surface area (TPSA) is 84.5 Å². The van der Waals surface area contributed by atoms with E-state index >= 15 is 0 Å². The van der Waals surface area contributed by atoms with Crippen molar-refractivity contribution in [3.8, 4) is 0 Å². The van der Waals surface area contributed by atoms with Gasteiger partial charge in [0, 0.05) is 6.54 Å². The van der Waals surface area contributed by atoms with Crippen molar-refractivity contribution in [2.24, 2.45) is 0 Å². The molecule has 7 heteroatoms. The number of ether oxygens (including phenoxy) is 1. The van der Waals surface area contributed by atoms with Gasteiger partial charge in [-0.2, -0.15) is 0 Å². The van der Waals surface area contributed by atoms with Crippen LogP contribution in [0.1, 0.15) is 26.2 Å². The van der Waals surface area contributed by atoms with E-state index in [0.29, 0.717) is 26.1 Å². The van der Waals surface area contributed by atoms with Crippen LogP contribution in [0.3, 0.4) is 0 Å². The number of rotatable bonds is 10. The molecule has 0 unspecified atom stereocenters. The third-order valence-electron chi connectivity index (χ3n) is 1.92. The Morgan fingerprint density at radius 1 is 1.24 bits per heavy atom. The average molecular weight is 266 g/mol. The smallest absolute Gasteiger partial charge is 0.319 e. The van der Waals surface area contributed by atoms with Crippen LogP contribution in [0, 0.1) is 0 Å². The van der Waals surface area contributed by atoms with Crippen LogP contribution in [0.4, 0.5) is 0 Å². The quantitative estimate of drug-likeness (QED) is 0.424. The summed E-state index contributed by atoms with van der Waals surface area (Å²) in [5.74, 6) is -0.269. The molecule has 0 aromatic heterocycles. The van der Waals surface area contributed by atoms with Crippen molar-refractivity contribution in [1.82, 2.24) is 10.0 Å². The summed E-state index contributed by atoms with van der Waals surface area (Å²) in [4.78, 5) is 11.1. The van der Waals surface area contributed by atoms with E-state index in [2.05, 4.69) is 10.0 Å². The molecular formula is C10H22N2O4S. The standard InChI is InChI=1S/C10H22N2O4S/c1-3-4-8-16-10(13)9-11-6-5-7-12-17(2,14)15/h11-12H,3-9H2,1-2H3. The second-order valence-electron chi connectivity index (χ2n) is 3.77. The maximum absolute atomic E-state index is 11.1. The van der Waals surface area contributed by atoms with Crippen LogP contribution in [0.2, 0.25) is 0 Å². The molecule has 102 valence electrons. The van der Waals surface area contributed by atoms with Crippen LogP contribution >= 0.6 is 0 Å². The van der Waals surface area contributed by atoms with Crippen molar-refractivity contribution >= 4 is 16.0 Å². The Bertz CT molecular complexity index is 303. The Kier molecular flexibility index (Phi) is 9.01. The zero-order chi connectivity index (χ0) is 13.1. The SMILES string of the molecule is CCCCOC(=O)CNCCCNS(C)(=O)=O. The van der Waals surface area contributed by atoms with Crippen LogP contribution < -0.4 is 10.0 Å². The zero-order valence-electron chi connectivity index (χ0n) is 10.5. The molecule has 0 aliphatic heterocycles. The first kappa shape index (κ1) is 16.3. The summed E-state index contributed by atoms with van der Waals surface area (Å²) >= 11 is 0. The van der Waals surface area contributed by atoms with E-state index in [0.717, 1.165) is 19.1 Å². The predicted octanol–water partition coefficient (Wildman–Crippen LogP) is -0.141. The number of unbranched alkanes of at least 4 members (excludes halogenated alkanes) is 1. The van der Waals surface area contributed by atoms with Gasteiger partial charge in [-0.25, -0.2) is 13.1 Å². The Hall–Kier alpha value is -0.660. The predicted molar refractivity (Wildman–Crippen MR) is 66.2 cm³/mol. The molecule has 0 saturated carbocycles. The van der Waals surface area contributed by atoms with Gasteiger partial charge in [0.05, 0.1) is 19.4 Å². The highest BCUT2D eigenvalue weighted by Gasteiger charge is 2.02. The van der Waals surface area contributed by atoms with E-state index in [9.17, 15) is 13.2 Å². The average Bonchev–Trinajstić information content (AvgIpc) is 2.22. The van der Waals surface area contributed by atoms with E-state index in [-0.39, 0.29) is 12.5 Å². The molecular weight excluding hydrogens is 244 g/mol. The lowest BCUT2D eigenvalue weighted by Crippen LogP contribution is -2.29. The van der Waals surface area contributed by atoms with Crippen molar-refractivity contribution in [3.05, 3.63) is 0 Å². The summed E-state index contributed by atoms with van der Waals surface area (Å²) in [6.45, 7) is 3.61. The Morgan fingerprint density at radius 2 is 1.94 bits per heavy atom. The molecule has 0 aliphatic rings. The molecule has 0 saturated heterocycles. The minimum atomic E-state index is -3.11. The van der Waals surface area contributed by atoms with Crippen LogP contribution in [0.25, 0.3) is 0 Å². The number of nitrogens with one attached hydrogen (secondary N) is 2. The molecule has 0 amide bonds. The van der Waals surface area contributed by atoms with Gasteiger partial charge in [0.25, 0.3) is 0 Å². The normalized spacial score (nSPS) is 11.4. The Morgan fingerprint density at radius 3 is 2.53 bits per heavy atom. The van der Waals surface area contributed by atoms with E-state index in [1.165, 1.54) is 0 Å². The first-order chi connectivity index (χ1) is 7.95. The molecule has 0 atom stereocenters. The molecule has 2 N–H and O–H groups in total. The molecule has 0 aliphatic carbocycles. The van der Waals surface area contributed by atoms with Gasteiger partial charge >= 0.3 is 5.97 Å². The van der Waals surface area contributed by atoms with Crippen LogP contribution in [0.15, 0.2) is 0 Å². The van der Waals surface area contributed by atoms with E-state index < -0.39 is 10.0 Å². The number of hydrogen-bond donors (Lipinski definition) is 2. The largest absolute Gasteiger partial charge is 0.465 e. The van der Waals surface area contributed by atoms with E-state index in [1.54, 1.807) is 0 Å². The fraction of sp³-hybridized carbons (Fsp3) is 0.900. The van der Waals surface area contributed by atoms with Crippen molar-refractivity contribution < 1.29 is 17.9 Å². The fourth-order valence-corrected chi connectivity index (χ4v) is 1.56. The van der Waals surface area contributed by atoms with E-state index in [4.69, 9.17) is 4.74 Å².